The molecule has 1 N–H and O–H groups in total. The fourth-order valence-corrected chi connectivity index (χ4v) is 6.18. The number of carboxylic acid groups (broad SMARTS) is 1. The fraction of sp³-hybridized carbons (Fsp3) is 0.212. The number of aromatic carboxylic acids is 1. The SMILES string of the molecule is CSc1ccc([C@@H]2C(C(=O)OC(C)C)=C(C)N=c3s/c(=C\c4ccccc4OCc4ccc(C(=O)O)cc4)c(=O)n32)cc1. The monoisotopic (exact) mass is 614 g/mol. The second kappa shape index (κ2) is 12.8. The van der Waals surface area contributed by atoms with Crippen molar-refractivity contribution in [1.29, 1.82) is 0 Å². The summed E-state index contributed by atoms with van der Waals surface area (Å²) in [6.45, 7) is 5.56. The molecule has 220 valence electrons. The van der Waals surface area contributed by atoms with Gasteiger partial charge in [-0.3, -0.25) is 9.36 Å². The fourth-order valence-electron chi connectivity index (χ4n) is 4.74. The molecule has 0 aliphatic carbocycles. The van der Waals surface area contributed by atoms with Gasteiger partial charge in [-0.2, -0.15) is 0 Å². The van der Waals surface area contributed by atoms with Crippen LogP contribution in [0.4, 0.5) is 0 Å². The molecule has 5 rings (SSSR count). The third kappa shape index (κ3) is 6.50. The molecule has 1 atom stereocenters. The maximum absolute atomic E-state index is 14.0. The number of allylic oxidation sites excluding steroid dienone is 1. The highest BCUT2D eigenvalue weighted by Gasteiger charge is 2.33. The Bertz CT molecular complexity index is 1890. The molecule has 0 saturated carbocycles. The van der Waals surface area contributed by atoms with Crippen molar-refractivity contribution in [3.63, 3.8) is 0 Å². The molecule has 8 nitrogen and oxygen atoms in total. The smallest absolute Gasteiger partial charge is 0.338 e. The van der Waals surface area contributed by atoms with Gasteiger partial charge in [-0.25, -0.2) is 14.6 Å². The third-order valence-corrected chi connectivity index (χ3v) is 8.54. The summed E-state index contributed by atoms with van der Waals surface area (Å²) in [7, 11) is 0. The van der Waals surface area contributed by atoms with Crippen molar-refractivity contribution >= 4 is 41.1 Å². The molecule has 3 aromatic carbocycles. The van der Waals surface area contributed by atoms with Crippen LogP contribution in [0.5, 0.6) is 5.75 Å². The lowest BCUT2D eigenvalue weighted by Gasteiger charge is -2.25. The van der Waals surface area contributed by atoms with Crippen molar-refractivity contribution in [3.8, 4) is 5.75 Å². The van der Waals surface area contributed by atoms with Crippen molar-refractivity contribution in [3.05, 3.63) is 126 Å². The Morgan fingerprint density at radius 3 is 2.42 bits per heavy atom. The van der Waals surface area contributed by atoms with Crippen LogP contribution in [0.15, 0.2) is 98.7 Å². The minimum absolute atomic E-state index is 0.203. The van der Waals surface area contributed by atoms with Gasteiger partial charge in [0.2, 0.25) is 0 Å². The van der Waals surface area contributed by atoms with Gasteiger partial charge in [-0.1, -0.05) is 53.8 Å². The Hall–Kier alpha value is -4.41. The predicted octanol–water partition coefficient (Wildman–Crippen LogP) is 5.19. The molecule has 0 spiro atoms. The summed E-state index contributed by atoms with van der Waals surface area (Å²) < 4.78 is 13.7. The van der Waals surface area contributed by atoms with Crippen molar-refractivity contribution in [1.82, 2.24) is 4.57 Å². The van der Waals surface area contributed by atoms with E-state index in [4.69, 9.17) is 14.6 Å². The topological polar surface area (TPSA) is 107 Å². The lowest BCUT2D eigenvalue weighted by Crippen LogP contribution is -2.40. The minimum atomic E-state index is -0.988. The number of benzene rings is 3. The normalized spacial score (nSPS) is 14.8. The molecule has 0 fully saturated rings. The van der Waals surface area contributed by atoms with Crippen molar-refractivity contribution in [2.45, 2.75) is 44.4 Å². The number of carbonyl (C=O) groups excluding carboxylic acids is 1. The number of carbonyl (C=O) groups is 2. The second-order valence-corrected chi connectivity index (χ2v) is 12.0. The quantitative estimate of drug-likeness (QED) is 0.204. The molecule has 0 saturated heterocycles. The van der Waals surface area contributed by atoms with Gasteiger partial charge in [0, 0.05) is 10.5 Å². The summed E-state index contributed by atoms with van der Waals surface area (Å²) in [6, 6.07) is 21.0. The molecule has 0 unspecified atom stereocenters. The highest BCUT2D eigenvalue weighted by Crippen LogP contribution is 2.32. The number of rotatable bonds is 9. The zero-order chi connectivity index (χ0) is 30.7. The Morgan fingerprint density at radius 2 is 1.77 bits per heavy atom. The lowest BCUT2D eigenvalue weighted by molar-refractivity contribution is -0.143. The van der Waals surface area contributed by atoms with E-state index in [1.807, 2.05) is 54.8 Å². The molecular formula is C33H30N2O6S2. The van der Waals surface area contributed by atoms with E-state index < -0.39 is 18.0 Å². The van der Waals surface area contributed by atoms with E-state index in [-0.39, 0.29) is 23.8 Å². The van der Waals surface area contributed by atoms with Gasteiger partial charge in [-0.05, 0) is 74.6 Å². The molecule has 10 heteroatoms. The standard InChI is InChI=1S/C33H30N2O6S2/c1-19(2)41-32(39)28-20(3)34-33-35(29(28)22-13-15-25(42-4)16-14-22)30(36)27(43-33)17-24-7-5-6-8-26(24)40-18-21-9-11-23(12-10-21)31(37)38/h5-17,19,29H,18H2,1-4H3,(H,37,38)/b27-17-/t29-/m1/s1. The number of para-hydroxylation sites is 1. The van der Waals surface area contributed by atoms with E-state index in [2.05, 4.69) is 4.99 Å². The molecule has 2 heterocycles. The summed E-state index contributed by atoms with van der Waals surface area (Å²) in [5, 5.41) is 9.14. The Balaban J connectivity index is 1.55. The van der Waals surface area contributed by atoms with Crippen LogP contribution in [0.3, 0.4) is 0 Å². The van der Waals surface area contributed by atoms with Crippen molar-refractivity contribution in [2.75, 3.05) is 6.26 Å². The summed E-state index contributed by atoms with van der Waals surface area (Å²) >= 11 is 2.86. The molecule has 1 aliphatic rings. The lowest BCUT2D eigenvalue weighted by atomic mass is 9.96. The summed E-state index contributed by atoms with van der Waals surface area (Å²) in [5.74, 6) is -0.922. The predicted molar refractivity (Wildman–Crippen MR) is 167 cm³/mol. The second-order valence-electron chi connectivity index (χ2n) is 10.1. The number of nitrogens with zero attached hydrogens (tertiary/aromatic N) is 2. The number of carboxylic acids is 1. The van der Waals surface area contributed by atoms with Gasteiger partial charge in [-0.15, -0.1) is 11.8 Å². The zero-order valence-corrected chi connectivity index (χ0v) is 25.7. The first-order valence-corrected chi connectivity index (χ1v) is 15.6. The maximum atomic E-state index is 14.0. The van der Waals surface area contributed by atoms with Crippen molar-refractivity contribution in [2.24, 2.45) is 4.99 Å². The number of thiazole rings is 1. The largest absolute Gasteiger partial charge is 0.488 e. The van der Waals surface area contributed by atoms with Crippen LogP contribution in [-0.4, -0.2) is 34.0 Å². The van der Waals surface area contributed by atoms with Gasteiger partial charge in [0.25, 0.3) is 5.56 Å². The summed E-state index contributed by atoms with van der Waals surface area (Å²) in [4.78, 5) is 44.7. The van der Waals surface area contributed by atoms with Crippen LogP contribution < -0.4 is 19.6 Å². The van der Waals surface area contributed by atoms with Gasteiger partial charge < -0.3 is 14.6 Å². The van der Waals surface area contributed by atoms with Crippen LogP contribution >= 0.6 is 23.1 Å². The highest BCUT2D eigenvalue weighted by atomic mass is 32.2. The van der Waals surface area contributed by atoms with Crippen LogP contribution in [0.1, 0.15) is 53.9 Å². The van der Waals surface area contributed by atoms with E-state index in [0.29, 0.717) is 31.9 Å². The number of hydrogen-bond donors (Lipinski definition) is 1. The Kier molecular flexibility index (Phi) is 8.98. The van der Waals surface area contributed by atoms with Crippen molar-refractivity contribution < 1.29 is 24.2 Å². The molecular weight excluding hydrogens is 585 g/mol. The van der Waals surface area contributed by atoms with E-state index in [1.54, 1.807) is 55.3 Å². The first kappa shape index (κ1) is 30.1. The zero-order valence-electron chi connectivity index (χ0n) is 24.1. The van der Waals surface area contributed by atoms with E-state index in [0.717, 1.165) is 16.0 Å². The summed E-state index contributed by atoms with van der Waals surface area (Å²) in [5.41, 5.74) is 3.07. The first-order valence-electron chi connectivity index (χ1n) is 13.6. The first-order chi connectivity index (χ1) is 20.7. The van der Waals surface area contributed by atoms with E-state index >= 15 is 0 Å². The van der Waals surface area contributed by atoms with Gasteiger partial charge in [0.15, 0.2) is 4.80 Å². The molecule has 4 aromatic rings. The third-order valence-electron chi connectivity index (χ3n) is 6.82. The Labute approximate surface area is 256 Å². The molecule has 0 radical (unpaired) electrons. The molecule has 0 bridgehead atoms. The number of ether oxygens (including phenoxy) is 2. The van der Waals surface area contributed by atoms with E-state index in [1.165, 1.54) is 23.5 Å². The molecule has 1 aliphatic heterocycles. The van der Waals surface area contributed by atoms with E-state index in [9.17, 15) is 14.4 Å². The maximum Gasteiger partial charge on any atom is 0.338 e. The highest BCUT2D eigenvalue weighted by molar-refractivity contribution is 7.98. The number of thioether (sulfide) groups is 1. The van der Waals surface area contributed by atoms with Crippen LogP contribution in [0.2, 0.25) is 0 Å². The molecule has 43 heavy (non-hydrogen) atoms. The number of hydrogen-bond acceptors (Lipinski definition) is 8. The van der Waals surface area contributed by atoms with Crippen LogP contribution in [-0.2, 0) is 16.1 Å². The van der Waals surface area contributed by atoms with Crippen LogP contribution in [0.25, 0.3) is 6.08 Å². The molecule has 0 amide bonds. The van der Waals surface area contributed by atoms with Gasteiger partial charge in [0.05, 0.1) is 33.5 Å². The summed E-state index contributed by atoms with van der Waals surface area (Å²) in [6.07, 6.45) is 3.43. The average molecular weight is 615 g/mol. The van der Waals surface area contributed by atoms with Gasteiger partial charge in [0.1, 0.15) is 12.4 Å². The number of aromatic nitrogens is 1. The number of fused-ring (bicyclic) bond motifs is 1. The van der Waals surface area contributed by atoms with Gasteiger partial charge >= 0.3 is 11.9 Å². The minimum Gasteiger partial charge on any atom is -0.488 e. The van der Waals surface area contributed by atoms with Crippen LogP contribution in [0, 0.1) is 0 Å². The Morgan fingerprint density at radius 1 is 1.07 bits per heavy atom. The average Bonchev–Trinajstić information content (AvgIpc) is 3.29. The molecule has 1 aromatic heterocycles. The number of esters is 1.